The summed E-state index contributed by atoms with van der Waals surface area (Å²) in [5, 5.41) is 9.90. The molecule has 1 saturated carbocycles. The van der Waals surface area contributed by atoms with Crippen LogP contribution in [0.4, 0.5) is 26.3 Å². The molecule has 1 saturated heterocycles. The van der Waals surface area contributed by atoms with E-state index in [4.69, 9.17) is 0 Å². The molecule has 8 heteroatoms. The lowest BCUT2D eigenvalue weighted by Gasteiger charge is -2.43. The van der Waals surface area contributed by atoms with E-state index in [0.717, 1.165) is 50.7 Å². The molecule has 0 aromatic heterocycles. The molecule has 1 aliphatic carbocycles. The summed E-state index contributed by atoms with van der Waals surface area (Å²) in [4.78, 5) is 0. The van der Waals surface area contributed by atoms with Gasteiger partial charge < -0.3 is 9.59 Å². The first-order valence-electron chi connectivity index (χ1n) is 10.3. The van der Waals surface area contributed by atoms with Gasteiger partial charge in [-0.15, -0.1) is 0 Å². The SMILES string of the molecule is OC[C@@H]1CCC[N+]1(Cc1cc(C(F)(F)F)cc(C(F)(F)F)c1)CC1CCCCC1. The lowest BCUT2D eigenvalue weighted by atomic mass is 9.87. The molecule has 1 aliphatic heterocycles. The highest BCUT2D eigenvalue weighted by molar-refractivity contribution is 5.33. The largest absolute Gasteiger partial charge is 0.416 e. The van der Waals surface area contributed by atoms with Crippen LogP contribution in [0.15, 0.2) is 18.2 Å². The third-order valence-corrected chi connectivity index (χ3v) is 6.62. The van der Waals surface area contributed by atoms with E-state index >= 15 is 0 Å². The van der Waals surface area contributed by atoms with Crippen LogP contribution in [-0.2, 0) is 18.9 Å². The minimum absolute atomic E-state index is 0.0447. The fraction of sp³-hybridized carbons (Fsp3) is 0.714. The summed E-state index contributed by atoms with van der Waals surface area (Å²) in [6, 6.07) is 1.75. The van der Waals surface area contributed by atoms with Crippen molar-refractivity contribution in [2.24, 2.45) is 5.92 Å². The Bertz CT molecular complexity index is 663. The summed E-state index contributed by atoms with van der Waals surface area (Å²) >= 11 is 0. The highest BCUT2D eigenvalue weighted by Gasteiger charge is 2.44. The fourth-order valence-electron chi connectivity index (χ4n) is 5.23. The zero-order valence-electron chi connectivity index (χ0n) is 16.3. The molecule has 2 atom stereocenters. The third-order valence-electron chi connectivity index (χ3n) is 6.62. The van der Waals surface area contributed by atoms with Gasteiger partial charge in [-0.3, -0.25) is 0 Å². The summed E-state index contributed by atoms with van der Waals surface area (Å²) in [6.45, 7) is 1.38. The molecule has 29 heavy (non-hydrogen) atoms. The molecule has 1 unspecified atom stereocenters. The number of benzene rings is 1. The monoisotopic (exact) mass is 424 g/mol. The maximum atomic E-state index is 13.2. The van der Waals surface area contributed by atoms with Crippen LogP contribution in [-0.4, -0.2) is 35.3 Å². The summed E-state index contributed by atoms with van der Waals surface area (Å²) in [5.41, 5.74) is -2.49. The molecular weight excluding hydrogens is 396 g/mol. The molecule has 2 nitrogen and oxygen atoms in total. The molecule has 2 aliphatic rings. The molecule has 1 aromatic rings. The molecule has 0 spiro atoms. The lowest BCUT2D eigenvalue weighted by Crippen LogP contribution is -2.55. The maximum Gasteiger partial charge on any atom is 0.416 e. The zero-order valence-corrected chi connectivity index (χ0v) is 16.3. The van der Waals surface area contributed by atoms with E-state index in [-0.39, 0.29) is 30.8 Å². The van der Waals surface area contributed by atoms with Gasteiger partial charge in [-0.2, -0.15) is 26.3 Å². The van der Waals surface area contributed by atoms with E-state index in [1.165, 1.54) is 6.42 Å². The van der Waals surface area contributed by atoms with E-state index in [1.54, 1.807) is 0 Å². The van der Waals surface area contributed by atoms with Gasteiger partial charge in [0.25, 0.3) is 0 Å². The molecular formula is C21H28F6NO+. The first-order chi connectivity index (χ1) is 13.5. The number of aliphatic hydroxyl groups is 1. The van der Waals surface area contributed by atoms with Crippen LogP contribution in [0.3, 0.4) is 0 Å². The highest BCUT2D eigenvalue weighted by atomic mass is 19.4. The molecule has 0 amide bonds. The fourth-order valence-corrected chi connectivity index (χ4v) is 5.23. The number of alkyl halides is 6. The summed E-state index contributed by atoms with van der Waals surface area (Å²) in [6.07, 6.45) is -2.66. The van der Waals surface area contributed by atoms with E-state index in [1.807, 2.05) is 0 Å². The Balaban J connectivity index is 1.96. The van der Waals surface area contributed by atoms with Gasteiger partial charge in [0, 0.05) is 24.3 Å². The van der Waals surface area contributed by atoms with Gasteiger partial charge in [0.2, 0.25) is 0 Å². The molecule has 3 rings (SSSR count). The van der Waals surface area contributed by atoms with Gasteiger partial charge in [0.1, 0.15) is 12.6 Å². The van der Waals surface area contributed by atoms with Gasteiger partial charge in [-0.05, 0) is 31.0 Å². The number of aliphatic hydroxyl groups excluding tert-OH is 1. The molecule has 2 fully saturated rings. The predicted octanol–water partition coefficient (Wildman–Crippen LogP) is 5.78. The Morgan fingerprint density at radius 1 is 0.828 bits per heavy atom. The number of hydrogen-bond donors (Lipinski definition) is 1. The van der Waals surface area contributed by atoms with Crippen molar-refractivity contribution in [2.45, 2.75) is 69.9 Å². The third kappa shape index (κ3) is 5.26. The smallest absolute Gasteiger partial charge is 0.390 e. The quantitative estimate of drug-likeness (QED) is 0.470. The molecule has 1 aromatic carbocycles. The van der Waals surface area contributed by atoms with E-state index < -0.39 is 23.5 Å². The van der Waals surface area contributed by atoms with Crippen LogP contribution in [0.25, 0.3) is 0 Å². The van der Waals surface area contributed by atoms with Crippen molar-refractivity contribution in [3.8, 4) is 0 Å². The van der Waals surface area contributed by atoms with Crippen molar-refractivity contribution in [1.82, 2.24) is 0 Å². The summed E-state index contributed by atoms with van der Waals surface area (Å²) < 4.78 is 79.9. The van der Waals surface area contributed by atoms with Crippen molar-refractivity contribution >= 4 is 0 Å². The van der Waals surface area contributed by atoms with Crippen molar-refractivity contribution in [3.63, 3.8) is 0 Å². The minimum Gasteiger partial charge on any atom is -0.390 e. The van der Waals surface area contributed by atoms with Gasteiger partial charge >= 0.3 is 12.4 Å². The van der Waals surface area contributed by atoms with Gasteiger partial charge in [0.05, 0.1) is 30.8 Å². The summed E-state index contributed by atoms with van der Waals surface area (Å²) in [5.74, 6) is 0.406. The number of nitrogens with zero attached hydrogens (tertiary/aromatic N) is 1. The average molecular weight is 424 g/mol. The van der Waals surface area contributed by atoms with Gasteiger partial charge in [-0.25, -0.2) is 0 Å². The topological polar surface area (TPSA) is 20.2 Å². The second-order valence-corrected chi connectivity index (χ2v) is 8.68. The van der Waals surface area contributed by atoms with Crippen molar-refractivity contribution in [2.75, 3.05) is 19.7 Å². The van der Waals surface area contributed by atoms with Gasteiger partial charge in [-0.1, -0.05) is 19.3 Å². The van der Waals surface area contributed by atoms with E-state index in [0.29, 0.717) is 23.5 Å². The van der Waals surface area contributed by atoms with Crippen LogP contribution in [0.5, 0.6) is 0 Å². The Hall–Kier alpha value is -1.28. The van der Waals surface area contributed by atoms with Crippen LogP contribution < -0.4 is 0 Å². The molecule has 0 bridgehead atoms. The first kappa shape index (κ1) is 22.4. The van der Waals surface area contributed by atoms with Crippen molar-refractivity contribution in [1.29, 1.82) is 0 Å². The Morgan fingerprint density at radius 3 is 1.93 bits per heavy atom. The van der Waals surface area contributed by atoms with Crippen LogP contribution in [0, 0.1) is 5.92 Å². The van der Waals surface area contributed by atoms with E-state index in [2.05, 4.69) is 0 Å². The second kappa shape index (κ2) is 8.46. The van der Waals surface area contributed by atoms with Crippen LogP contribution in [0.2, 0.25) is 0 Å². The standard InChI is InChI=1S/C21H28F6NO/c22-20(23,24)17-9-16(10-18(11-17)21(25,26)27)13-28(8-4-7-19(28)14-29)12-15-5-2-1-3-6-15/h9-11,15,19,29H,1-8,12-14H2/q+1/t19-,28?/m0/s1. The highest BCUT2D eigenvalue weighted by Crippen LogP contribution is 2.39. The minimum atomic E-state index is -4.84. The Morgan fingerprint density at radius 2 is 1.41 bits per heavy atom. The molecule has 164 valence electrons. The number of rotatable bonds is 5. The number of quaternary nitrogens is 1. The normalized spacial score (nSPS) is 26.8. The first-order valence-corrected chi connectivity index (χ1v) is 10.3. The Kier molecular flexibility index (Phi) is 6.53. The summed E-state index contributed by atoms with van der Waals surface area (Å²) in [7, 11) is 0. The lowest BCUT2D eigenvalue weighted by molar-refractivity contribution is -0.955. The number of hydrogen-bond acceptors (Lipinski definition) is 1. The molecule has 1 N–H and O–H groups in total. The predicted molar refractivity (Wildman–Crippen MR) is 96.8 cm³/mol. The number of halogens is 6. The second-order valence-electron chi connectivity index (χ2n) is 8.68. The zero-order chi connectivity index (χ0) is 21.3. The molecule has 1 heterocycles. The van der Waals surface area contributed by atoms with Crippen LogP contribution in [0.1, 0.15) is 61.6 Å². The maximum absolute atomic E-state index is 13.2. The van der Waals surface area contributed by atoms with Crippen molar-refractivity contribution in [3.05, 3.63) is 34.9 Å². The van der Waals surface area contributed by atoms with Crippen molar-refractivity contribution < 1.29 is 35.9 Å². The van der Waals surface area contributed by atoms with Gasteiger partial charge in [0.15, 0.2) is 0 Å². The molecule has 0 radical (unpaired) electrons. The van der Waals surface area contributed by atoms with Crippen LogP contribution >= 0.6 is 0 Å². The Labute approximate surface area is 167 Å². The number of likely N-dealkylation sites (tertiary alicyclic amines) is 1. The average Bonchev–Trinajstić information content (AvgIpc) is 3.02. The van der Waals surface area contributed by atoms with E-state index in [9.17, 15) is 31.4 Å².